The highest BCUT2D eigenvalue weighted by molar-refractivity contribution is 5.33. The van der Waals surface area contributed by atoms with E-state index in [9.17, 15) is 5.26 Å². The van der Waals surface area contributed by atoms with E-state index in [1.807, 2.05) is 37.6 Å². The highest BCUT2D eigenvalue weighted by atomic mass is 16.3. The molecule has 8 nitrogen and oxygen atoms in total. The maximum Gasteiger partial charge on any atom is 0.290 e. The third-order valence-corrected chi connectivity index (χ3v) is 4.82. The van der Waals surface area contributed by atoms with E-state index in [4.69, 9.17) is 19.8 Å². The van der Waals surface area contributed by atoms with Gasteiger partial charge in [0.15, 0.2) is 0 Å². The molecule has 1 aliphatic rings. The van der Waals surface area contributed by atoms with Crippen LogP contribution in [-0.4, -0.2) is 57.2 Å². The molecule has 2 aromatic rings. The summed E-state index contributed by atoms with van der Waals surface area (Å²) in [5, 5.41) is 23.5. The van der Waals surface area contributed by atoms with Crippen molar-refractivity contribution in [3.05, 3.63) is 54.1 Å². The number of aryl methyl sites for hydroxylation is 1. The van der Waals surface area contributed by atoms with Gasteiger partial charge in [0, 0.05) is 32.4 Å². The number of benzene rings is 1. The predicted molar refractivity (Wildman–Crippen MR) is 104 cm³/mol. The molecule has 2 heterocycles. The molecule has 0 saturated carbocycles. The topological polar surface area (TPSA) is 119 Å². The summed E-state index contributed by atoms with van der Waals surface area (Å²) in [6, 6.07) is 12.8. The van der Waals surface area contributed by atoms with Crippen LogP contribution < -0.4 is 0 Å². The number of imidazole rings is 1. The van der Waals surface area contributed by atoms with Crippen molar-refractivity contribution in [1.82, 2.24) is 14.5 Å². The zero-order valence-corrected chi connectivity index (χ0v) is 15.9. The van der Waals surface area contributed by atoms with Crippen LogP contribution in [0.5, 0.6) is 0 Å². The van der Waals surface area contributed by atoms with Crippen LogP contribution in [0, 0.1) is 11.3 Å². The molecule has 0 atom stereocenters. The van der Waals surface area contributed by atoms with Gasteiger partial charge >= 0.3 is 0 Å². The van der Waals surface area contributed by atoms with Gasteiger partial charge in [0.25, 0.3) is 12.9 Å². The van der Waals surface area contributed by atoms with Gasteiger partial charge in [-0.15, -0.1) is 0 Å². The van der Waals surface area contributed by atoms with Crippen LogP contribution in [0.15, 0.2) is 42.7 Å². The minimum atomic E-state index is -0.305. The summed E-state index contributed by atoms with van der Waals surface area (Å²) in [5.41, 5.74) is 0.863. The first-order valence-corrected chi connectivity index (χ1v) is 8.88. The average Bonchev–Trinajstić information content (AvgIpc) is 3.13. The van der Waals surface area contributed by atoms with Crippen molar-refractivity contribution in [2.45, 2.75) is 24.7 Å². The summed E-state index contributed by atoms with van der Waals surface area (Å²) in [4.78, 5) is 23.6. The van der Waals surface area contributed by atoms with Crippen molar-refractivity contribution >= 4 is 12.9 Å². The molecular weight excluding hydrogens is 360 g/mol. The van der Waals surface area contributed by atoms with Gasteiger partial charge in [-0.2, -0.15) is 5.26 Å². The predicted octanol–water partition coefficient (Wildman–Crippen LogP) is 1.92. The number of nitriles is 1. The quantitative estimate of drug-likeness (QED) is 0.770. The zero-order valence-electron chi connectivity index (χ0n) is 15.9. The molecule has 150 valence electrons. The molecule has 1 aromatic heterocycles. The number of carboxylic acid groups (broad SMARTS) is 2. The lowest BCUT2D eigenvalue weighted by atomic mass is 9.74. The largest absolute Gasteiger partial charge is 0.483 e. The van der Waals surface area contributed by atoms with Gasteiger partial charge in [0.2, 0.25) is 0 Å². The van der Waals surface area contributed by atoms with Crippen LogP contribution in [0.4, 0.5) is 0 Å². The Morgan fingerprint density at radius 3 is 2.21 bits per heavy atom. The highest BCUT2D eigenvalue weighted by Gasteiger charge is 2.36. The molecule has 28 heavy (non-hydrogen) atoms. The van der Waals surface area contributed by atoms with Gasteiger partial charge in [-0.1, -0.05) is 30.3 Å². The van der Waals surface area contributed by atoms with Crippen LogP contribution in [-0.2, 0) is 28.5 Å². The molecule has 2 N–H and O–H groups in total. The van der Waals surface area contributed by atoms with Crippen molar-refractivity contribution in [2.24, 2.45) is 7.05 Å². The Kier molecular flexibility index (Phi) is 10.0. The van der Waals surface area contributed by atoms with Crippen LogP contribution in [0.3, 0.4) is 0 Å². The third kappa shape index (κ3) is 6.52. The molecule has 0 unspecified atom stereocenters. The number of hydrogen-bond acceptors (Lipinski definition) is 5. The second kappa shape index (κ2) is 12.3. The first-order chi connectivity index (χ1) is 13.6. The molecule has 3 rings (SSSR count). The number of rotatable bonds is 4. The number of nitrogens with zero attached hydrogens (tertiary/aromatic N) is 4. The van der Waals surface area contributed by atoms with Gasteiger partial charge in [-0.3, -0.25) is 9.59 Å². The van der Waals surface area contributed by atoms with Gasteiger partial charge in [0.05, 0.1) is 11.5 Å². The Morgan fingerprint density at radius 2 is 1.75 bits per heavy atom. The fourth-order valence-electron chi connectivity index (χ4n) is 3.28. The number of aromatic nitrogens is 2. The number of piperidine rings is 1. The van der Waals surface area contributed by atoms with Crippen LogP contribution in [0.2, 0.25) is 0 Å². The number of carbonyl (C=O) groups is 2. The Labute approximate surface area is 164 Å². The second-order valence-corrected chi connectivity index (χ2v) is 6.32. The van der Waals surface area contributed by atoms with E-state index in [0.29, 0.717) is 0 Å². The van der Waals surface area contributed by atoms with E-state index >= 15 is 0 Å². The molecule has 0 bridgehead atoms. The average molecular weight is 386 g/mol. The standard InChI is InChI=1S/C18H22N4.2CH2O2/c1-21-14-10-20-17(21)7-11-22-12-8-18(15-19,9-13-22)16-5-3-2-4-6-16;2*2-1-3/h2-6,10,14H,7-9,11-13H2,1H3;2*1H,(H,2,3). The van der Waals surface area contributed by atoms with Crippen molar-refractivity contribution in [3.63, 3.8) is 0 Å². The monoisotopic (exact) mass is 386 g/mol. The SMILES string of the molecule is Cn1ccnc1CCN1CCC(C#N)(c2ccccc2)CC1.O=CO.O=CO. The first kappa shape index (κ1) is 22.9. The summed E-state index contributed by atoms with van der Waals surface area (Å²) < 4.78 is 2.08. The maximum absolute atomic E-state index is 9.72. The summed E-state index contributed by atoms with van der Waals surface area (Å²) in [5.74, 6) is 1.13. The Morgan fingerprint density at radius 1 is 1.18 bits per heavy atom. The fraction of sp³-hybridized carbons (Fsp3) is 0.400. The normalized spacial score (nSPS) is 15.0. The number of likely N-dealkylation sites (tertiary alicyclic amines) is 1. The lowest BCUT2D eigenvalue weighted by Gasteiger charge is -2.37. The summed E-state index contributed by atoms with van der Waals surface area (Å²) >= 11 is 0. The maximum atomic E-state index is 9.72. The molecule has 0 radical (unpaired) electrons. The minimum Gasteiger partial charge on any atom is -0.483 e. The van der Waals surface area contributed by atoms with E-state index < -0.39 is 0 Å². The van der Waals surface area contributed by atoms with E-state index in [1.165, 1.54) is 5.56 Å². The molecule has 0 aliphatic carbocycles. The van der Waals surface area contributed by atoms with Crippen molar-refractivity contribution in [1.29, 1.82) is 5.26 Å². The molecule has 1 saturated heterocycles. The lowest BCUT2D eigenvalue weighted by molar-refractivity contribution is -0.123. The van der Waals surface area contributed by atoms with Crippen molar-refractivity contribution < 1.29 is 19.8 Å². The first-order valence-electron chi connectivity index (χ1n) is 8.88. The minimum absolute atomic E-state index is 0.250. The second-order valence-electron chi connectivity index (χ2n) is 6.32. The lowest BCUT2D eigenvalue weighted by Crippen LogP contribution is -2.42. The molecule has 1 fully saturated rings. The number of hydrogen-bond donors (Lipinski definition) is 2. The Balaban J connectivity index is 0.000000582. The third-order valence-electron chi connectivity index (χ3n) is 4.82. The Hall–Kier alpha value is -3.18. The summed E-state index contributed by atoms with van der Waals surface area (Å²) in [6.45, 7) is 2.47. The molecular formula is C20H26N4O4. The zero-order chi connectivity index (χ0) is 20.8. The molecule has 0 spiro atoms. The van der Waals surface area contributed by atoms with Crippen LogP contribution in [0.25, 0.3) is 0 Å². The molecule has 1 aliphatic heterocycles. The van der Waals surface area contributed by atoms with Gasteiger partial charge in [-0.25, -0.2) is 4.98 Å². The fourth-order valence-corrected chi connectivity index (χ4v) is 3.28. The van der Waals surface area contributed by atoms with Crippen LogP contribution >= 0.6 is 0 Å². The smallest absolute Gasteiger partial charge is 0.290 e. The van der Waals surface area contributed by atoms with E-state index in [0.717, 1.165) is 44.7 Å². The van der Waals surface area contributed by atoms with Gasteiger partial charge in [-0.05, 0) is 31.5 Å². The highest BCUT2D eigenvalue weighted by Crippen LogP contribution is 2.34. The molecule has 0 amide bonds. The van der Waals surface area contributed by atoms with Crippen molar-refractivity contribution in [3.8, 4) is 6.07 Å². The van der Waals surface area contributed by atoms with E-state index in [-0.39, 0.29) is 18.4 Å². The molecule has 1 aromatic carbocycles. The summed E-state index contributed by atoms with van der Waals surface area (Å²) in [6.07, 6.45) is 6.62. The molecule has 8 heteroatoms. The summed E-state index contributed by atoms with van der Waals surface area (Å²) in [7, 11) is 2.04. The van der Waals surface area contributed by atoms with Crippen LogP contribution in [0.1, 0.15) is 24.2 Å². The van der Waals surface area contributed by atoms with Crippen molar-refractivity contribution in [2.75, 3.05) is 19.6 Å². The van der Waals surface area contributed by atoms with E-state index in [1.54, 1.807) is 0 Å². The van der Waals surface area contributed by atoms with E-state index in [2.05, 4.69) is 32.7 Å². The Bertz CT molecular complexity index is 741. The van der Waals surface area contributed by atoms with Gasteiger partial charge in [0.1, 0.15) is 5.82 Å². The van der Waals surface area contributed by atoms with Gasteiger partial charge < -0.3 is 19.7 Å².